The Bertz CT molecular complexity index is 308. The molecule has 1 heteroatoms. The van der Waals surface area contributed by atoms with Crippen molar-refractivity contribution in [2.75, 3.05) is 0 Å². The van der Waals surface area contributed by atoms with Gasteiger partial charge in [-0.25, -0.2) is 0 Å². The number of benzene rings is 1. The van der Waals surface area contributed by atoms with Gasteiger partial charge in [-0.3, -0.25) is 0 Å². The highest BCUT2D eigenvalue weighted by atomic mass is 32.1. The Morgan fingerprint density at radius 3 is 2.80 bits per heavy atom. The lowest BCUT2D eigenvalue weighted by Crippen LogP contribution is -1.77. The first-order valence-electron chi connectivity index (χ1n) is 3.71. The normalized spacial score (nSPS) is 11.3. The van der Waals surface area contributed by atoms with Crippen molar-refractivity contribution in [2.24, 2.45) is 0 Å². The zero-order chi connectivity index (χ0) is 6.97. The first kappa shape index (κ1) is 6.17. The molecule has 0 saturated heterocycles. The van der Waals surface area contributed by atoms with Gasteiger partial charge in [0.2, 0.25) is 0 Å². The molecular formula is C9H10S. The minimum absolute atomic E-state index is 1.25. The third-order valence-electron chi connectivity index (χ3n) is 1.78. The molecule has 2 aromatic heterocycles. The predicted octanol–water partition coefficient (Wildman–Crippen LogP) is 3.29. The molecule has 0 nitrogen and oxygen atoms in total. The van der Waals surface area contributed by atoms with Gasteiger partial charge in [0.05, 0.1) is 0 Å². The fourth-order valence-corrected chi connectivity index (χ4v) is 2.33. The van der Waals surface area contributed by atoms with Gasteiger partial charge in [0.25, 0.3) is 0 Å². The van der Waals surface area contributed by atoms with E-state index < -0.39 is 0 Å². The second-order valence-electron chi connectivity index (χ2n) is 2.62. The van der Waals surface area contributed by atoms with E-state index in [2.05, 4.69) is 25.1 Å². The first-order chi connectivity index (χ1) is 4.90. The van der Waals surface area contributed by atoms with E-state index in [-0.39, 0.29) is 0 Å². The van der Waals surface area contributed by atoms with Crippen LogP contribution in [0.5, 0.6) is 0 Å². The predicted molar refractivity (Wildman–Crippen MR) is 47.0 cm³/mol. The number of aryl methyl sites for hydroxylation is 1. The maximum absolute atomic E-state index is 2.31. The highest BCUT2D eigenvalue weighted by molar-refractivity contribution is 7.24. The van der Waals surface area contributed by atoms with Crippen molar-refractivity contribution in [3.8, 4) is 0 Å². The molecule has 2 rings (SSSR count). The highest BCUT2D eigenvalue weighted by Gasteiger charge is 2.02. The van der Waals surface area contributed by atoms with Crippen molar-refractivity contribution >= 4 is 20.7 Å². The van der Waals surface area contributed by atoms with Crippen LogP contribution in [0.25, 0.3) is 9.40 Å². The Balaban J connectivity index is 2.43. The van der Waals surface area contributed by atoms with Gasteiger partial charge >= 0.3 is 0 Å². The Morgan fingerprint density at radius 1 is 1.40 bits per heavy atom. The van der Waals surface area contributed by atoms with Crippen molar-refractivity contribution in [2.45, 2.75) is 19.8 Å². The minimum Gasteiger partial charge on any atom is -0.136 e. The number of fused-ring (bicyclic) bond motifs is 2. The SMILES string of the molecule is CCCc1cc2ccc1s2. The van der Waals surface area contributed by atoms with Gasteiger partial charge in [0.1, 0.15) is 0 Å². The van der Waals surface area contributed by atoms with E-state index in [0.29, 0.717) is 0 Å². The molecule has 0 spiro atoms. The molecule has 0 radical (unpaired) electrons. The van der Waals surface area contributed by atoms with Crippen LogP contribution >= 0.6 is 11.3 Å². The summed E-state index contributed by atoms with van der Waals surface area (Å²) in [6.45, 7) is 2.23. The standard InChI is InChI=1S/C9H10S/c1-2-3-7-6-8-4-5-9(7)10-8/h4-6H,2-3H2,1H3. The van der Waals surface area contributed by atoms with E-state index in [0.717, 1.165) is 0 Å². The smallest absolute Gasteiger partial charge is 0.0309 e. The summed E-state index contributed by atoms with van der Waals surface area (Å²) in [5, 5.41) is 0. The van der Waals surface area contributed by atoms with Crippen molar-refractivity contribution in [1.82, 2.24) is 0 Å². The zero-order valence-electron chi connectivity index (χ0n) is 6.05. The summed E-state index contributed by atoms with van der Waals surface area (Å²) in [6.07, 6.45) is 2.51. The van der Waals surface area contributed by atoms with E-state index in [9.17, 15) is 0 Å². The summed E-state index contributed by atoms with van der Waals surface area (Å²) >= 11 is 1.91. The second kappa shape index (κ2) is 2.24. The maximum Gasteiger partial charge on any atom is 0.0309 e. The number of rotatable bonds is 2. The lowest BCUT2D eigenvalue weighted by molar-refractivity contribution is 0.932. The number of hydrogen-bond donors (Lipinski definition) is 0. The Hall–Kier alpha value is -0.560. The fraction of sp³-hybridized carbons (Fsp3) is 0.333. The molecule has 2 aromatic rings. The molecule has 0 saturated carbocycles. The van der Waals surface area contributed by atoms with Crippen LogP contribution in [0, 0.1) is 0 Å². The molecule has 0 atom stereocenters. The second-order valence-corrected chi connectivity index (χ2v) is 3.74. The molecule has 0 amide bonds. The summed E-state index contributed by atoms with van der Waals surface area (Å²) in [7, 11) is 0. The van der Waals surface area contributed by atoms with Crippen LogP contribution in [0.2, 0.25) is 0 Å². The van der Waals surface area contributed by atoms with Crippen molar-refractivity contribution in [1.29, 1.82) is 0 Å². The van der Waals surface area contributed by atoms with Crippen LogP contribution in [-0.4, -0.2) is 0 Å². The number of thiophene rings is 2. The third-order valence-corrected chi connectivity index (χ3v) is 2.89. The summed E-state index contributed by atoms with van der Waals surface area (Å²) in [4.78, 5) is 0. The quantitative estimate of drug-likeness (QED) is 0.616. The summed E-state index contributed by atoms with van der Waals surface area (Å²) < 4.78 is 2.91. The lowest BCUT2D eigenvalue weighted by Gasteiger charge is -1.92. The Morgan fingerprint density at radius 2 is 2.30 bits per heavy atom. The molecule has 52 valence electrons. The van der Waals surface area contributed by atoms with Gasteiger partial charge < -0.3 is 0 Å². The topological polar surface area (TPSA) is 0 Å². The van der Waals surface area contributed by atoms with Crippen LogP contribution in [0.3, 0.4) is 0 Å². The number of hydrogen-bond acceptors (Lipinski definition) is 1. The van der Waals surface area contributed by atoms with Gasteiger partial charge in [-0.15, -0.1) is 11.3 Å². The van der Waals surface area contributed by atoms with Crippen molar-refractivity contribution < 1.29 is 0 Å². The van der Waals surface area contributed by atoms with E-state index >= 15 is 0 Å². The van der Waals surface area contributed by atoms with Crippen LogP contribution in [0.1, 0.15) is 18.9 Å². The van der Waals surface area contributed by atoms with E-state index in [1.807, 2.05) is 11.3 Å². The monoisotopic (exact) mass is 150 g/mol. The van der Waals surface area contributed by atoms with E-state index in [4.69, 9.17) is 0 Å². The van der Waals surface area contributed by atoms with Crippen LogP contribution < -0.4 is 0 Å². The average Bonchev–Trinajstić information content (AvgIpc) is 2.48. The first-order valence-corrected chi connectivity index (χ1v) is 4.52. The summed E-state index contributed by atoms with van der Waals surface area (Å²) in [5.74, 6) is 0. The molecule has 0 aliphatic heterocycles. The van der Waals surface area contributed by atoms with Crippen LogP contribution in [0.4, 0.5) is 0 Å². The summed E-state index contributed by atoms with van der Waals surface area (Å²) in [5.41, 5.74) is 1.55. The van der Waals surface area contributed by atoms with Gasteiger partial charge in [-0.05, 0) is 30.2 Å². The molecule has 0 aromatic carbocycles. The zero-order valence-corrected chi connectivity index (χ0v) is 6.87. The van der Waals surface area contributed by atoms with Crippen molar-refractivity contribution in [3.05, 3.63) is 23.8 Å². The van der Waals surface area contributed by atoms with Crippen molar-refractivity contribution in [3.63, 3.8) is 0 Å². The van der Waals surface area contributed by atoms with Crippen LogP contribution in [-0.2, 0) is 6.42 Å². The fourth-order valence-electron chi connectivity index (χ4n) is 1.31. The van der Waals surface area contributed by atoms with E-state index in [1.54, 1.807) is 5.56 Å². The molecule has 2 heterocycles. The van der Waals surface area contributed by atoms with Gasteiger partial charge in [-0.1, -0.05) is 13.3 Å². The molecule has 0 fully saturated rings. The average molecular weight is 150 g/mol. The van der Waals surface area contributed by atoms with Gasteiger partial charge in [0.15, 0.2) is 0 Å². The maximum atomic E-state index is 2.31. The van der Waals surface area contributed by atoms with E-state index in [1.165, 1.54) is 22.2 Å². The molecule has 0 aliphatic carbocycles. The third kappa shape index (κ3) is 0.816. The minimum atomic E-state index is 1.25. The van der Waals surface area contributed by atoms with Gasteiger partial charge in [-0.2, -0.15) is 0 Å². The molecule has 0 unspecified atom stereocenters. The Kier molecular flexibility index (Phi) is 1.38. The molecular weight excluding hydrogens is 140 g/mol. The molecule has 0 N–H and O–H groups in total. The van der Waals surface area contributed by atoms with Crippen LogP contribution in [0.15, 0.2) is 18.2 Å². The largest absolute Gasteiger partial charge is 0.136 e. The Labute approximate surface area is 64.8 Å². The molecule has 10 heavy (non-hydrogen) atoms. The lowest BCUT2D eigenvalue weighted by atomic mass is 10.1. The highest BCUT2D eigenvalue weighted by Crippen LogP contribution is 2.29. The molecule has 0 aliphatic rings. The van der Waals surface area contributed by atoms with Gasteiger partial charge in [0, 0.05) is 9.40 Å². The summed E-state index contributed by atoms with van der Waals surface area (Å²) in [6, 6.07) is 6.73. The molecule has 2 bridgehead atoms.